The number of nitrogens with one attached hydrogen (secondary N) is 1. The van der Waals surface area contributed by atoms with Crippen LogP contribution < -0.4 is 15.8 Å². The van der Waals surface area contributed by atoms with Crippen molar-refractivity contribution in [3.8, 4) is 0 Å². The Hall–Kier alpha value is -2.88. The van der Waals surface area contributed by atoms with E-state index in [-0.39, 0.29) is 17.0 Å². The number of pyridine rings is 1. The second kappa shape index (κ2) is 8.86. The van der Waals surface area contributed by atoms with Crippen LogP contribution in [0.2, 0.25) is 0 Å². The van der Waals surface area contributed by atoms with Gasteiger partial charge in [0, 0.05) is 32.9 Å². The minimum absolute atomic E-state index is 0.130. The molecular weight excluding hydrogens is 402 g/mol. The van der Waals surface area contributed by atoms with E-state index in [1.165, 1.54) is 23.5 Å². The number of aromatic nitrogens is 5. The van der Waals surface area contributed by atoms with Gasteiger partial charge in [-0.3, -0.25) is 9.59 Å². The van der Waals surface area contributed by atoms with Crippen molar-refractivity contribution in [3.05, 3.63) is 40.4 Å². The Bertz CT molecular complexity index is 1120. The molecule has 3 aromatic rings. The number of anilines is 1. The van der Waals surface area contributed by atoms with Gasteiger partial charge >= 0.3 is 0 Å². The molecule has 0 aliphatic carbocycles. The summed E-state index contributed by atoms with van der Waals surface area (Å²) < 4.78 is 3.18. The summed E-state index contributed by atoms with van der Waals surface area (Å²) in [4.78, 5) is 36.2. The van der Waals surface area contributed by atoms with Gasteiger partial charge in [0.2, 0.25) is 0 Å². The largest absolute Gasteiger partial charge is 0.356 e. The number of nitrogens with zero attached hydrogens (tertiary/aromatic N) is 6. The van der Waals surface area contributed by atoms with Crippen molar-refractivity contribution in [1.82, 2.24) is 29.6 Å². The minimum Gasteiger partial charge on any atom is -0.356 e. The molecule has 1 N–H and O–H groups in total. The molecule has 30 heavy (non-hydrogen) atoms. The van der Waals surface area contributed by atoms with E-state index >= 15 is 0 Å². The number of fused-ring (bicyclic) bond motifs is 1. The first-order chi connectivity index (χ1) is 14.6. The molecule has 10 heteroatoms. The average Bonchev–Trinajstić information content (AvgIpc) is 3.40. The van der Waals surface area contributed by atoms with Crippen LogP contribution in [0.1, 0.15) is 30.1 Å². The van der Waals surface area contributed by atoms with Crippen molar-refractivity contribution in [2.24, 2.45) is 7.05 Å². The molecule has 3 aromatic heterocycles. The Balaban J connectivity index is 1.53. The first kappa shape index (κ1) is 20.4. The summed E-state index contributed by atoms with van der Waals surface area (Å²) in [5, 5.41) is 8.97. The fraction of sp³-hybridized carbons (Fsp3) is 0.450. The highest BCUT2D eigenvalue weighted by Gasteiger charge is 2.21. The van der Waals surface area contributed by atoms with E-state index in [1.807, 2.05) is 0 Å². The molecule has 158 valence electrons. The van der Waals surface area contributed by atoms with Gasteiger partial charge in [0.05, 0.1) is 18.1 Å². The average molecular weight is 428 g/mol. The molecule has 1 aliphatic rings. The van der Waals surface area contributed by atoms with E-state index in [9.17, 15) is 9.59 Å². The number of aryl methyl sites for hydroxylation is 1. The number of rotatable bonds is 7. The van der Waals surface area contributed by atoms with Crippen LogP contribution in [0.3, 0.4) is 0 Å². The van der Waals surface area contributed by atoms with Gasteiger partial charge in [-0.15, -0.1) is 0 Å². The fourth-order valence-electron chi connectivity index (χ4n) is 3.59. The summed E-state index contributed by atoms with van der Waals surface area (Å²) in [6.07, 6.45) is 5.76. The smallest absolute Gasteiger partial charge is 0.263 e. The molecule has 0 unspecified atom stereocenters. The standard InChI is InChI=1S/C20H25N7O2S/c1-3-30-20-23-16(26-10-4-5-11-26)15-13-22-27(17(15)24-20)12-8-21-18(28)14-7-6-9-25(2)19(14)29/h6-7,9,13H,3-5,8,10-12H2,1-2H3,(H,21,28). The van der Waals surface area contributed by atoms with Crippen LogP contribution >= 0.6 is 11.8 Å². The summed E-state index contributed by atoms with van der Waals surface area (Å²) in [7, 11) is 1.62. The Morgan fingerprint density at radius 1 is 1.27 bits per heavy atom. The third kappa shape index (κ3) is 4.04. The molecule has 0 saturated carbocycles. The van der Waals surface area contributed by atoms with E-state index in [1.54, 1.807) is 42.0 Å². The van der Waals surface area contributed by atoms with Crippen LogP contribution in [0, 0.1) is 0 Å². The van der Waals surface area contributed by atoms with Crippen molar-refractivity contribution in [2.75, 3.05) is 30.3 Å². The molecule has 4 rings (SSSR count). The number of hydrogen-bond donors (Lipinski definition) is 1. The predicted octanol–water partition coefficient (Wildman–Crippen LogP) is 1.67. The van der Waals surface area contributed by atoms with Crippen LogP contribution in [0.15, 0.2) is 34.5 Å². The SMILES string of the molecule is CCSc1nc(N2CCCC2)c2cnn(CCNC(=O)c3cccn(C)c3=O)c2n1. The summed E-state index contributed by atoms with van der Waals surface area (Å²) in [5.74, 6) is 1.44. The Kier molecular flexibility index (Phi) is 6.03. The first-order valence-electron chi connectivity index (χ1n) is 10.1. The van der Waals surface area contributed by atoms with E-state index < -0.39 is 0 Å². The minimum atomic E-state index is -0.387. The zero-order chi connectivity index (χ0) is 21.1. The second-order valence-electron chi connectivity index (χ2n) is 7.16. The van der Waals surface area contributed by atoms with Crippen LogP contribution in [0.5, 0.6) is 0 Å². The Morgan fingerprint density at radius 2 is 2.07 bits per heavy atom. The number of carbonyl (C=O) groups is 1. The van der Waals surface area contributed by atoms with Gasteiger partial charge in [-0.2, -0.15) is 5.10 Å². The van der Waals surface area contributed by atoms with Crippen molar-refractivity contribution in [1.29, 1.82) is 0 Å². The lowest BCUT2D eigenvalue weighted by Gasteiger charge is -2.17. The molecule has 1 saturated heterocycles. The molecule has 0 aromatic carbocycles. The number of hydrogen-bond acceptors (Lipinski definition) is 7. The first-order valence-corrected chi connectivity index (χ1v) is 11.1. The molecule has 0 spiro atoms. The maximum atomic E-state index is 12.4. The van der Waals surface area contributed by atoms with Gasteiger partial charge in [-0.05, 0) is 30.7 Å². The second-order valence-corrected chi connectivity index (χ2v) is 8.39. The van der Waals surface area contributed by atoms with E-state index in [4.69, 9.17) is 9.97 Å². The van der Waals surface area contributed by atoms with Gasteiger partial charge < -0.3 is 14.8 Å². The third-order valence-electron chi connectivity index (χ3n) is 5.11. The van der Waals surface area contributed by atoms with Gasteiger partial charge in [0.15, 0.2) is 10.8 Å². The molecule has 1 aliphatic heterocycles. The van der Waals surface area contributed by atoms with Gasteiger partial charge in [0.1, 0.15) is 11.4 Å². The molecule has 1 amide bonds. The Labute approximate surface area is 178 Å². The maximum Gasteiger partial charge on any atom is 0.263 e. The van der Waals surface area contributed by atoms with Crippen molar-refractivity contribution in [3.63, 3.8) is 0 Å². The maximum absolute atomic E-state index is 12.4. The van der Waals surface area contributed by atoms with E-state index in [0.717, 1.165) is 40.9 Å². The van der Waals surface area contributed by atoms with Crippen LogP contribution in [-0.4, -0.2) is 55.6 Å². The van der Waals surface area contributed by atoms with Crippen molar-refractivity contribution >= 4 is 34.5 Å². The molecular formula is C20H25N7O2S. The molecule has 1 fully saturated rings. The summed E-state index contributed by atoms with van der Waals surface area (Å²) in [6.45, 7) is 4.86. The van der Waals surface area contributed by atoms with Gasteiger partial charge in [-0.1, -0.05) is 18.7 Å². The monoisotopic (exact) mass is 427 g/mol. The molecule has 0 radical (unpaired) electrons. The van der Waals surface area contributed by atoms with Crippen molar-refractivity contribution < 1.29 is 4.79 Å². The fourth-order valence-corrected chi connectivity index (χ4v) is 4.15. The van der Waals surface area contributed by atoms with Crippen LogP contribution in [0.25, 0.3) is 11.0 Å². The lowest BCUT2D eigenvalue weighted by Crippen LogP contribution is -2.33. The van der Waals surface area contributed by atoms with E-state index in [0.29, 0.717) is 13.1 Å². The van der Waals surface area contributed by atoms with Crippen LogP contribution in [-0.2, 0) is 13.6 Å². The lowest BCUT2D eigenvalue weighted by molar-refractivity contribution is 0.0950. The predicted molar refractivity (Wildman–Crippen MR) is 117 cm³/mol. The number of thioether (sulfide) groups is 1. The summed E-state index contributed by atoms with van der Waals surface area (Å²) >= 11 is 1.61. The normalized spacial score (nSPS) is 13.9. The molecule has 0 bridgehead atoms. The highest BCUT2D eigenvalue weighted by atomic mass is 32.2. The molecule has 4 heterocycles. The van der Waals surface area contributed by atoms with Crippen LogP contribution in [0.4, 0.5) is 5.82 Å². The topological polar surface area (TPSA) is 97.9 Å². The van der Waals surface area contributed by atoms with E-state index in [2.05, 4.69) is 22.2 Å². The zero-order valence-electron chi connectivity index (χ0n) is 17.2. The molecule has 0 atom stereocenters. The lowest BCUT2D eigenvalue weighted by atomic mass is 10.2. The molecule has 9 nitrogen and oxygen atoms in total. The quantitative estimate of drug-likeness (QED) is 0.452. The zero-order valence-corrected chi connectivity index (χ0v) is 18.0. The summed E-state index contributed by atoms with van der Waals surface area (Å²) in [6, 6.07) is 3.21. The Morgan fingerprint density at radius 3 is 2.83 bits per heavy atom. The third-order valence-corrected chi connectivity index (χ3v) is 5.84. The number of carbonyl (C=O) groups excluding carboxylic acids is 1. The van der Waals surface area contributed by atoms with Gasteiger partial charge in [0.25, 0.3) is 11.5 Å². The highest BCUT2D eigenvalue weighted by molar-refractivity contribution is 7.99. The van der Waals surface area contributed by atoms with Crippen molar-refractivity contribution in [2.45, 2.75) is 31.5 Å². The van der Waals surface area contributed by atoms with Gasteiger partial charge in [-0.25, -0.2) is 14.6 Å². The highest BCUT2D eigenvalue weighted by Crippen LogP contribution is 2.29. The summed E-state index contributed by atoms with van der Waals surface area (Å²) in [5.41, 5.74) is 0.585. The number of amides is 1.